The van der Waals surface area contributed by atoms with Gasteiger partial charge in [-0.05, 0) is 46.0 Å². The Labute approximate surface area is 96.2 Å². The van der Waals surface area contributed by atoms with Gasteiger partial charge in [0, 0.05) is 0 Å². The van der Waals surface area contributed by atoms with Gasteiger partial charge in [-0.3, -0.25) is 4.79 Å². The molecule has 3 nitrogen and oxygen atoms in total. The lowest BCUT2D eigenvalue weighted by Crippen LogP contribution is -1.99. The predicted molar refractivity (Wildman–Crippen MR) is 59.2 cm³/mol. The van der Waals surface area contributed by atoms with E-state index in [0.29, 0.717) is 0 Å². The van der Waals surface area contributed by atoms with Crippen molar-refractivity contribution in [2.75, 3.05) is 7.11 Å². The minimum atomic E-state index is -0.702. The molecule has 1 aliphatic rings. The first-order valence-electron chi connectivity index (χ1n) is 4.69. The molecule has 0 saturated heterocycles. The second-order valence-corrected chi connectivity index (χ2v) is 4.54. The molecule has 0 aliphatic heterocycles. The molecule has 1 N–H and O–H groups in total. The van der Waals surface area contributed by atoms with Gasteiger partial charge in [-0.15, -0.1) is 0 Å². The monoisotopic (exact) mass is 270 g/mol. The third-order valence-electron chi connectivity index (χ3n) is 2.71. The summed E-state index contributed by atoms with van der Waals surface area (Å²) < 4.78 is 5.98. The normalized spacial score (nSPS) is 23.6. The molecule has 0 amide bonds. The summed E-state index contributed by atoms with van der Waals surface area (Å²) in [5.41, 5.74) is 1.06. The fourth-order valence-electron chi connectivity index (χ4n) is 1.75. The SMILES string of the molecule is COc1ccc(C2CC2C(=O)O)cc1Br. The van der Waals surface area contributed by atoms with Crippen molar-refractivity contribution in [3.05, 3.63) is 28.2 Å². The molecule has 2 rings (SSSR count). The Morgan fingerprint density at radius 3 is 2.80 bits per heavy atom. The van der Waals surface area contributed by atoms with Gasteiger partial charge < -0.3 is 9.84 Å². The first-order valence-corrected chi connectivity index (χ1v) is 5.49. The minimum Gasteiger partial charge on any atom is -0.496 e. The van der Waals surface area contributed by atoms with E-state index < -0.39 is 5.97 Å². The van der Waals surface area contributed by atoms with Crippen LogP contribution in [0.1, 0.15) is 17.9 Å². The van der Waals surface area contributed by atoms with E-state index in [1.54, 1.807) is 7.11 Å². The van der Waals surface area contributed by atoms with Crippen molar-refractivity contribution in [3.63, 3.8) is 0 Å². The average molecular weight is 271 g/mol. The van der Waals surface area contributed by atoms with Crippen molar-refractivity contribution < 1.29 is 14.6 Å². The lowest BCUT2D eigenvalue weighted by Gasteiger charge is -2.05. The van der Waals surface area contributed by atoms with Gasteiger partial charge >= 0.3 is 5.97 Å². The Morgan fingerprint density at radius 2 is 2.33 bits per heavy atom. The van der Waals surface area contributed by atoms with Gasteiger partial charge in [0.15, 0.2) is 0 Å². The Bertz CT molecular complexity index is 403. The van der Waals surface area contributed by atoms with E-state index in [2.05, 4.69) is 15.9 Å². The highest BCUT2D eigenvalue weighted by Crippen LogP contribution is 2.48. The van der Waals surface area contributed by atoms with E-state index in [0.717, 1.165) is 22.2 Å². The number of hydrogen-bond donors (Lipinski definition) is 1. The molecule has 1 aromatic rings. The number of hydrogen-bond acceptors (Lipinski definition) is 2. The zero-order chi connectivity index (χ0) is 11.0. The van der Waals surface area contributed by atoms with Crippen LogP contribution in [-0.4, -0.2) is 18.2 Å². The predicted octanol–water partition coefficient (Wildman–Crippen LogP) is 2.65. The smallest absolute Gasteiger partial charge is 0.307 e. The molecule has 1 fully saturated rings. The molecule has 0 aromatic heterocycles. The molecule has 2 atom stereocenters. The van der Waals surface area contributed by atoms with Gasteiger partial charge in [-0.2, -0.15) is 0 Å². The number of rotatable bonds is 3. The zero-order valence-corrected chi connectivity index (χ0v) is 9.82. The highest BCUT2D eigenvalue weighted by molar-refractivity contribution is 9.10. The molecule has 15 heavy (non-hydrogen) atoms. The largest absolute Gasteiger partial charge is 0.496 e. The number of aliphatic carboxylic acids is 1. The highest BCUT2D eigenvalue weighted by atomic mass is 79.9. The van der Waals surface area contributed by atoms with Gasteiger partial charge in [0.1, 0.15) is 5.75 Å². The van der Waals surface area contributed by atoms with Crippen molar-refractivity contribution >= 4 is 21.9 Å². The molecule has 2 unspecified atom stereocenters. The molecule has 80 valence electrons. The third-order valence-corrected chi connectivity index (χ3v) is 3.33. The summed E-state index contributed by atoms with van der Waals surface area (Å²) in [5, 5.41) is 8.82. The van der Waals surface area contributed by atoms with Gasteiger partial charge in [0.2, 0.25) is 0 Å². The van der Waals surface area contributed by atoms with E-state index in [1.165, 1.54) is 0 Å². The highest BCUT2D eigenvalue weighted by Gasteiger charge is 2.44. The molecular weight excluding hydrogens is 260 g/mol. The number of ether oxygens (including phenoxy) is 1. The lowest BCUT2D eigenvalue weighted by atomic mass is 10.1. The first-order chi connectivity index (χ1) is 7.13. The second-order valence-electron chi connectivity index (χ2n) is 3.68. The van der Waals surface area contributed by atoms with Crippen LogP contribution in [0.15, 0.2) is 22.7 Å². The topological polar surface area (TPSA) is 46.5 Å². The fourth-order valence-corrected chi connectivity index (χ4v) is 2.31. The zero-order valence-electron chi connectivity index (χ0n) is 8.24. The Balaban J connectivity index is 2.18. The molecular formula is C11H11BrO3. The van der Waals surface area contributed by atoms with Crippen molar-refractivity contribution in [2.45, 2.75) is 12.3 Å². The van der Waals surface area contributed by atoms with Crippen molar-refractivity contribution in [1.29, 1.82) is 0 Å². The Morgan fingerprint density at radius 1 is 1.60 bits per heavy atom. The molecule has 0 heterocycles. The van der Waals surface area contributed by atoms with Crippen LogP contribution in [0.25, 0.3) is 0 Å². The maximum absolute atomic E-state index is 10.7. The maximum Gasteiger partial charge on any atom is 0.307 e. The summed E-state index contributed by atoms with van der Waals surface area (Å²) in [7, 11) is 1.61. The van der Waals surface area contributed by atoms with E-state index >= 15 is 0 Å². The van der Waals surface area contributed by atoms with Crippen LogP contribution in [0.5, 0.6) is 5.75 Å². The standard InChI is InChI=1S/C11H11BrO3/c1-15-10-3-2-6(4-9(10)12)7-5-8(7)11(13)14/h2-4,7-8H,5H2,1H3,(H,13,14). The van der Waals surface area contributed by atoms with Crippen LogP contribution < -0.4 is 4.74 Å². The van der Waals surface area contributed by atoms with Crippen LogP contribution in [0.2, 0.25) is 0 Å². The van der Waals surface area contributed by atoms with Crippen molar-refractivity contribution in [3.8, 4) is 5.75 Å². The van der Waals surface area contributed by atoms with Crippen molar-refractivity contribution in [1.82, 2.24) is 0 Å². The summed E-state index contributed by atoms with van der Waals surface area (Å²) in [6.45, 7) is 0. The maximum atomic E-state index is 10.7. The van der Waals surface area contributed by atoms with Crippen LogP contribution in [0.4, 0.5) is 0 Å². The van der Waals surface area contributed by atoms with Gasteiger partial charge in [0.05, 0.1) is 17.5 Å². The lowest BCUT2D eigenvalue weighted by molar-refractivity contribution is -0.138. The van der Waals surface area contributed by atoms with Crippen LogP contribution >= 0.6 is 15.9 Å². The third kappa shape index (κ3) is 2.00. The second kappa shape index (κ2) is 3.85. The summed E-state index contributed by atoms with van der Waals surface area (Å²) >= 11 is 3.39. The Kier molecular flexibility index (Phi) is 2.69. The van der Waals surface area contributed by atoms with Crippen LogP contribution in [0, 0.1) is 5.92 Å². The first kappa shape index (κ1) is 10.5. The van der Waals surface area contributed by atoms with E-state index in [9.17, 15) is 4.79 Å². The van der Waals surface area contributed by atoms with Crippen LogP contribution in [-0.2, 0) is 4.79 Å². The number of benzene rings is 1. The van der Waals surface area contributed by atoms with E-state index in [1.807, 2.05) is 18.2 Å². The van der Waals surface area contributed by atoms with Gasteiger partial charge in [-0.1, -0.05) is 6.07 Å². The quantitative estimate of drug-likeness (QED) is 0.919. The summed E-state index contributed by atoms with van der Waals surface area (Å²) in [5.74, 6) is 0.0354. The Hall–Kier alpha value is -1.03. The van der Waals surface area contributed by atoms with Gasteiger partial charge in [-0.25, -0.2) is 0 Å². The number of carbonyl (C=O) groups is 1. The van der Waals surface area contributed by atoms with E-state index in [4.69, 9.17) is 9.84 Å². The molecule has 0 bridgehead atoms. The number of halogens is 1. The molecule has 1 saturated carbocycles. The fraction of sp³-hybridized carbons (Fsp3) is 0.364. The number of methoxy groups -OCH3 is 1. The number of carboxylic acids is 1. The molecule has 1 aromatic carbocycles. The van der Waals surface area contributed by atoms with Crippen LogP contribution in [0.3, 0.4) is 0 Å². The summed E-state index contributed by atoms with van der Waals surface area (Å²) in [4.78, 5) is 10.7. The molecule has 0 spiro atoms. The summed E-state index contributed by atoms with van der Waals surface area (Å²) in [6, 6.07) is 5.72. The minimum absolute atomic E-state index is 0.171. The van der Waals surface area contributed by atoms with Crippen molar-refractivity contribution in [2.24, 2.45) is 5.92 Å². The summed E-state index contributed by atoms with van der Waals surface area (Å²) in [6.07, 6.45) is 0.744. The molecule has 1 aliphatic carbocycles. The molecule has 4 heteroatoms. The number of carboxylic acid groups (broad SMARTS) is 1. The van der Waals surface area contributed by atoms with E-state index in [-0.39, 0.29) is 11.8 Å². The molecule has 0 radical (unpaired) electrons. The average Bonchev–Trinajstić information content (AvgIpc) is 2.97. The van der Waals surface area contributed by atoms with Gasteiger partial charge in [0.25, 0.3) is 0 Å².